The molecule has 172 valence electrons. The molecule has 0 atom stereocenters. The maximum atomic E-state index is 12.8. The number of nitrogens with one attached hydrogen (secondary N) is 1. The molecule has 0 spiro atoms. The Labute approximate surface area is 186 Å². The topological polar surface area (TPSA) is 128 Å². The number of methoxy groups -OCH3 is 2. The summed E-state index contributed by atoms with van der Waals surface area (Å²) in [4.78, 5) is 36.6. The molecule has 0 unspecified atom stereocenters. The minimum atomic E-state index is -3.84. The molecule has 1 N–H and O–H groups in total. The fourth-order valence-corrected chi connectivity index (χ4v) is 3.64. The summed E-state index contributed by atoms with van der Waals surface area (Å²) in [5.74, 6) is -1.73. The minimum absolute atomic E-state index is 0.0160. The number of rotatable bonds is 9. The number of anilines is 2. The van der Waals surface area contributed by atoms with Crippen LogP contribution in [-0.4, -0.2) is 59.9 Å². The number of ether oxygens (including phenoxy) is 3. The van der Waals surface area contributed by atoms with E-state index in [4.69, 9.17) is 9.47 Å². The summed E-state index contributed by atoms with van der Waals surface area (Å²) in [6.07, 6.45) is 0.964. The van der Waals surface area contributed by atoms with Crippen LogP contribution in [0, 0.1) is 0 Å². The Morgan fingerprint density at radius 1 is 1.00 bits per heavy atom. The molecule has 1 amide bonds. The number of hydrogen-bond donors (Lipinski definition) is 1. The number of amides is 1. The molecular formula is C21H24N2O8S. The first-order valence-electron chi connectivity index (χ1n) is 9.41. The fourth-order valence-electron chi connectivity index (χ4n) is 2.80. The largest absolute Gasteiger partial charge is 0.494 e. The lowest BCUT2D eigenvalue weighted by Gasteiger charge is -2.22. The van der Waals surface area contributed by atoms with Gasteiger partial charge in [-0.3, -0.25) is 9.10 Å². The molecule has 0 aliphatic carbocycles. The van der Waals surface area contributed by atoms with E-state index in [9.17, 15) is 22.8 Å². The smallest absolute Gasteiger partial charge is 0.339 e. The molecule has 0 saturated carbocycles. The van der Waals surface area contributed by atoms with Crippen molar-refractivity contribution in [1.29, 1.82) is 0 Å². The molecule has 0 aromatic heterocycles. The van der Waals surface area contributed by atoms with Crippen molar-refractivity contribution in [1.82, 2.24) is 0 Å². The van der Waals surface area contributed by atoms with Crippen molar-refractivity contribution in [3.63, 3.8) is 0 Å². The maximum Gasteiger partial charge on any atom is 0.339 e. The lowest BCUT2D eigenvalue weighted by Crippen LogP contribution is -2.37. The predicted octanol–water partition coefficient (Wildman–Crippen LogP) is 2.06. The highest BCUT2D eigenvalue weighted by Crippen LogP contribution is 2.24. The first kappa shape index (κ1) is 24.7. The van der Waals surface area contributed by atoms with Gasteiger partial charge in [0.15, 0.2) is 0 Å². The molecule has 2 rings (SSSR count). The number of esters is 2. The summed E-state index contributed by atoms with van der Waals surface area (Å²) >= 11 is 0. The standard InChI is InChI=1S/C21H24N2O8S/c1-5-31-16-8-6-7-15(12-16)23(32(4,27)28)13-19(24)22-18-11-14(20(25)29-2)9-10-17(18)21(26)30-3/h6-12H,5,13H2,1-4H3,(H,22,24). The highest BCUT2D eigenvalue weighted by molar-refractivity contribution is 7.92. The van der Waals surface area contributed by atoms with Crippen LogP contribution in [0.1, 0.15) is 27.6 Å². The Morgan fingerprint density at radius 3 is 2.28 bits per heavy atom. The second-order valence-electron chi connectivity index (χ2n) is 6.49. The monoisotopic (exact) mass is 464 g/mol. The van der Waals surface area contributed by atoms with Crippen molar-refractivity contribution >= 4 is 39.2 Å². The van der Waals surface area contributed by atoms with Gasteiger partial charge in [-0.2, -0.15) is 0 Å². The van der Waals surface area contributed by atoms with E-state index in [0.717, 1.165) is 10.6 Å². The molecule has 0 aliphatic rings. The highest BCUT2D eigenvalue weighted by atomic mass is 32.2. The average Bonchev–Trinajstić information content (AvgIpc) is 2.76. The Morgan fingerprint density at radius 2 is 1.69 bits per heavy atom. The van der Waals surface area contributed by atoms with Crippen molar-refractivity contribution in [3.05, 3.63) is 53.6 Å². The van der Waals surface area contributed by atoms with E-state index in [0.29, 0.717) is 12.4 Å². The lowest BCUT2D eigenvalue weighted by molar-refractivity contribution is -0.114. The van der Waals surface area contributed by atoms with Gasteiger partial charge < -0.3 is 19.5 Å². The minimum Gasteiger partial charge on any atom is -0.494 e. The molecule has 0 aliphatic heterocycles. The van der Waals surface area contributed by atoms with E-state index >= 15 is 0 Å². The van der Waals surface area contributed by atoms with E-state index in [2.05, 4.69) is 10.1 Å². The second-order valence-corrected chi connectivity index (χ2v) is 8.40. The van der Waals surface area contributed by atoms with Gasteiger partial charge >= 0.3 is 11.9 Å². The van der Waals surface area contributed by atoms with Crippen LogP contribution in [0.25, 0.3) is 0 Å². The molecule has 0 fully saturated rings. The summed E-state index contributed by atoms with van der Waals surface area (Å²) in [5.41, 5.74) is 0.268. The van der Waals surface area contributed by atoms with Crippen LogP contribution in [0.15, 0.2) is 42.5 Å². The normalized spacial score (nSPS) is 10.8. The number of sulfonamides is 1. The van der Waals surface area contributed by atoms with Gasteiger partial charge in [0.2, 0.25) is 15.9 Å². The quantitative estimate of drug-likeness (QED) is 0.559. The molecule has 32 heavy (non-hydrogen) atoms. The Bertz CT molecular complexity index is 1110. The van der Waals surface area contributed by atoms with Gasteiger partial charge in [0, 0.05) is 6.07 Å². The molecule has 0 bridgehead atoms. The number of carbonyl (C=O) groups is 3. The Hall–Kier alpha value is -3.60. The molecule has 2 aromatic carbocycles. The molecule has 0 saturated heterocycles. The summed E-state index contributed by atoms with van der Waals surface area (Å²) in [7, 11) is -1.49. The van der Waals surface area contributed by atoms with E-state index < -0.39 is 34.4 Å². The lowest BCUT2D eigenvalue weighted by atomic mass is 10.1. The van der Waals surface area contributed by atoms with Crippen LogP contribution in [0.2, 0.25) is 0 Å². The van der Waals surface area contributed by atoms with Crippen molar-refractivity contribution < 1.29 is 37.0 Å². The van der Waals surface area contributed by atoms with Gasteiger partial charge in [0.1, 0.15) is 12.3 Å². The van der Waals surface area contributed by atoms with Gasteiger partial charge in [-0.05, 0) is 37.3 Å². The molecular weight excluding hydrogens is 440 g/mol. The first-order chi connectivity index (χ1) is 15.1. The number of carbonyl (C=O) groups excluding carboxylic acids is 3. The summed E-state index contributed by atoms with van der Waals surface area (Å²) < 4.78 is 40.4. The number of benzene rings is 2. The molecule has 10 nitrogen and oxygen atoms in total. The molecule has 11 heteroatoms. The molecule has 2 aromatic rings. The third-order valence-electron chi connectivity index (χ3n) is 4.22. The van der Waals surface area contributed by atoms with Gasteiger partial charge in [-0.1, -0.05) is 6.07 Å². The van der Waals surface area contributed by atoms with Crippen LogP contribution >= 0.6 is 0 Å². The zero-order valence-electron chi connectivity index (χ0n) is 18.1. The summed E-state index contributed by atoms with van der Waals surface area (Å²) in [6, 6.07) is 10.2. The van der Waals surface area contributed by atoms with Crippen molar-refractivity contribution in [2.45, 2.75) is 6.92 Å². The molecule has 0 radical (unpaired) electrons. The average molecular weight is 464 g/mol. The van der Waals surface area contributed by atoms with Gasteiger partial charge in [-0.15, -0.1) is 0 Å². The Kier molecular flexibility index (Phi) is 8.19. The fraction of sp³-hybridized carbons (Fsp3) is 0.286. The van der Waals surface area contributed by atoms with Gasteiger partial charge in [0.25, 0.3) is 0 Å². The van der Waals surface area contributed by atoms with Crippen LogP contribution in [-0.2, 0) is 24.3 Å². The third-order valence-corrected chi connectivity index (χ3v) is 5.36. The zero-order chi connectivity index (χ0) is 23.9. The van der Waals surface area contributed by atoms with Crippen LogP contribution < -0.4 is 14.4 Å². The first-order valence-corrected chi connectivity index (χ1v) is 11.3. The maximum absolute atomic E-state index is 12.8. The predicted molar refractivity (Wildman–Crippen MR) is 118 cm³/mol. The van der Waals surface area contributed by atoms with Gasteiger partial charge in [-0.25, -0.2) is 18.0 Å². The Balaban J connectivity index is 2.36. The van der Waals surface area contributed by atoms with Crippen LogP contribution in [0.3, 0.4) is 0 Å². The third kappa shape index (κ3) is 6.20. The summed E-state index contributed by atoms with van der Waals surface area (Å²) in [5, 5.41) is 2.47. The van der Waals surface area contributed by atoms with Crippen LogP contribution in [0.5, 0.6) is 5.75 Å². The van der Waals surface area contributed by atoms with E-state index in [1.165, 1.54) is 44.6 Å². The highest BCUT2D eigenvalue weighted by Gasteiger charge is 2.23. The zero-order valence-corrected chi connectivity index (χ0v) is 18.9. The van der Waals surface area contributed by atoms with Crippen molar-refractivity contribution in [2.24, 2.45) is 0 Å². The second kappa shape index (κ2) is 10.6. The van der Waals surface area contributed by atoms with Gasteiger partial charge in [0.05, 0.1) is 49.6 Å². The van der Waals surface area contributed by atoms with E-state index in [-0.39, 0.29) is 22.5 Å². The number of hydrogen-bond acceptors (Lipinski definition) is 8. The summed E-state index contributed by atoms with van der Waals surface area (Å²) in [6.45, 7) is 1.59. The van der Waals surface area contributed by atoms with Crippen molar-refractivity contribution in [2.75, 3.05) is 43.2 Å². The van der Waals surface area contributed by atoms with E-state index in [1.54, 1.807) is 19.1 Å². The van der Waals surface area contributed by atoms with E-state index in [1.807, 2.05) is 0 Å². The number of nitrogens with zero attached hydrogens (tertiary/aromatic N) is 1. The SMILES string of the molecule is CCOc1cccc(N(CC(=O)Nc2cc(C(=O)OC)ccc2C(=O)OC)S(C)(=O)=O)c1. The molecule has 0 heterocycles. The van der Waals surface area contributed by atoms with Crippen LogP contribution in [0.4, 0.5) is 11.4 Å². The van der Waals surface area contributed by atoms with Crippen molar-refractivity contribution in [3.8, 4) is 5.75 Å².